The van der Waals surface area contributed by atoms with Crippen molar-refractivity contribution in [2.24, 2.45) is 5.41 Å². The van der Waals surface area contributed by atoms with Crippen molar-refractivity contribution in [1.82, 2.24) is 49.5 Å². The molecule has 0 unspecified atom stereocenters. The highest BCUT2D eigenvalue weighted by Crippen LogP contribution is 2.41. The highest BCUT2D eigenvalue weighted by atomic mass is 19.1. The number of aromatic nitrogens is 5. The van der Waals surface area contributed by atoms with Crippen molar-refractivity contribution < 1.29 is 37.5 Å². The van der Waals surface area contributed by atoms with E-state index >= 15 is 8.78 Å². The molecule has 0 spiro atoms. The molecule has 3 aromatic heterocycles. The summed E-state index contributed by atoms with van der Waals surface area (Å²) < 4.78 is 38.8. The first-order chi connectivity index (χ1) is 38.1. The van der Waals surface area contributed by atoms with Gasteiger partial charge in [0.2, 0.25) is 18.2 Å². The lowest BCUT2D eigenvalue weighted by molar-refractivity contribution is -0.131. The molecule has 3 aromatic carbocycles. The summed E-state index contributed by atoms with van der Waals surface area (Å²) in [4.78, 5) is 75.3. The van der Waals surface area contributed by atoms with Gasteiger partial charge in [-0.05, 0) is 120 Å². The molecular weight excluding hydrogens is 1010 g/mol. The van der Waals surface area contributed by atoms with E-state index in [0.717, 1.165) is 79.4 Å². The number of ether oxygens (including phenoxy) is 1. The van der Waals surface area contributed by atoms with E-state index < -0.39 is 5.82 Å². The van der Waals surface area contributed by atoms with Gasteiger partial charge in [0.25, 0.3) is 5.91 Å². The van der Waals surface area contributed by atoms with Crippen LogP contribution in [0, 0.1) is 24.0 Å². The summed E-state index contributed by atoms with van der Waals surface area (Å²) in [5, 5.41) is 9.05. The number of aldehydes is 1. The number of methoxy groups -OCH3 is 1. The number of nitrogens with one attached hydrogen (secondary N) is 2. The quantitative estimate of drug-likeness (QED) is 0.0844. The maximum Gasteiger partial charge on any atom is 0.270 e. The summed E-state index contributed by atoms with van der Waals surface area (Å²) >= 11 is 0. The van der Waals surface area contributed by atoms with Gasteiger partial charge in [-0.25, -0.2) is 8.78 Å². The number of aryl methyl sites for hydroxylation is 2. The Bertz CT molecular complexity index is 3230. The Kier molecular flexibility index (Phi) is 19.1. The number of halogens is 2. The molecule has 79 heavy (non-hydrogen) atoms. The standard InChI is InChI=1S/C31H33FN6O3.C22H23FN2O2.C5H9NO.C3H9N/c1-41-27-10-4-3-9-22(27)24-18-23(21-8-7-15-37(20-21)28(39)11-16-38-17-12-33-35-38)29(32)30-25(24)19-26(34-30)31(40)36-13-5-2-6-14-36;1-14-16-5-6-17(20(23)21(16)24-18(14)13-26)15-4-3-11-25(12-15)19(27)7-8-22(2)9-10-22;7-5-6-3-1-2-4-6;1-4(2)3/h3-4,8-10,12,17-19,34H,2,5-7,11,13-16,20H2,1H3;4-6,9-10,13,24H,3,7-8,11-12H2,1-2H3;5H,1-4H2;1-3H3. The monoisotopic (exact) mass is 1080 g/mol. The van der Waals surface area contributed by atoms with Crippen molar-refractivity contribution in [3.05, 3.63) is 125 Å². The van der Waals surface area contributed by atoms with Crippen LogP contribution in [0.3, 0.4) is 0 Å². The first kappa shape index (κ1) is 57.4. The average molecular weight is 1080 g/mol. The molecule has 11 rings (SSSR count). The molecule has 0 saturated carbocycles. The third-order valence-electron chi connectivity index (χ3n) is 15.1. The molecule has 2 fully saturated rings. The van der Waals surface area contributed by atoms with Gasteiger partial charge in [-0.3, -0.25) is 28.7 Å². The smallest absolute Gasteiger partial charge is 0.270 e. The van der Waals surface area contributed by atoms with Crippen LogP contribution in [0.2, 0.25) is 0 Å². The Morgan fingerprint density at radius 1 is 0.734 bits per heavy atom. The number of carbonyl (C=O) groups is 5. The number of amides is 4. The summed E-state index contributed by atoms with van der Waals surface area (Å²) in [6.07, 6.45) is 21.6. The number of likely N-dealkylation sites (tertiary alicyclic amines) is 2. The number of allylic oxidation sites excluding steroid dienone is 2. The van der Waals surface area contributed by atoms with Crippen LogP contribution in [-0.2, 0) is 20.9 Å². The normalized spacial score (nSPS) is 16.5. The third-order valence-corrected chi connectivity index (χ3v) is 15.1. The predicted octanol–water partition coefficient (Wildman–Crippen LogP) is 9.72. The van der Waals surface area contributed by atoms with Crippen LogP contribution >= 0.6 is 0 Å². The van der Waals surface area contributed by atoms with Crippen molar-refractivity contribution in [3.8, 4) is 16.9 Å². The molecule has 4 aliphatic heterocycles. The number of H-pyrrole nitrogens is 2. The van der Waals surface area contributed by atoms with Crippen molar-refractivity contribution in [3.63, 3.8) is 0 Å². The summed E-state index contributed by atoms with van der Waals surface area (Å²) in [5.41, 5.74) is 6.29. The molecule has 1 aliphatic carbocycles. The van der Waals surface area contributed by atoms with Crippen molar-refractivity contribution in [2.45, 2.75) is 84.6 Å². The van der Waals surface area contributed by atoms with Gasteiger partial charge in [-0.15, -0.1) is 5.10 Å². The average Bonchev–Trinajstić information content (AvgIpc) is 4.12. The van der Waals surface area contributed by atoms with Crippen molar-refractivity contribution in [2.75, 3.05) is 80.6 Å². The number of hydrogen-bond donors (Lipinski definition) is 2. The fraction of sp³-hybridized carbons (Fsp3) is 0.426. The van der Waals surface area contributed by atoms with E-state index in [4.69, 9.17) is 4.74 Å². The summed E-state index contributed by atoms with van der Waals surface area (Å²) in [7, 11) is 7.61. The van der Waals surface area contributed by atoms with Gasteiger partial charge in [0, 0.05) is 104 Å². The zero-order valence-corrected chi connectivity index (χ0v) is 46.5. The maximum absolute atomic E-state index is 16.4. The Hall–Kier alpha value is -7.73. The van der Waals surface area contributed by atoms with E-state index in [0.29, 0.717) is 109 Å². The number of carbonyl (C=O) groups excluding carboxylic acids is 5. The van der Waals surface area contributed by atoms with Crippen LogP contribution in [0.25, 0.3) is 44.1 Å². The summed E-state index contributed by atoms with van der Waals surface area (Å²) in [6, 6.07) is 14.8. The maximum atomic E-state index is 16.4. The molecule has 16 nitrogen and oxygen atoms in total. The van der Waals surface area contributed by atoms with E-state index in [1.807, 2.05) is 84.4 Å². The molecule has 6 aromatic rings. The first-order valence-corrected chi connectivity index (χ1v) is 27.4. The van der Waals surface area contributed by atoms with E-state index in [1.165, 1.54) is 12.8 Å². The molecule has 0 radical (unpaired) electrons. The number of rotatable bonds is 13. The molecule has 418 valence electrons. The van der Waals surface area contributed by atoms with Gasteiger partial charge in [0.1, 0.15) is 11.4 Å². The fourth-order valence-electron chi connectivity index (χ4n) is 10.4. The molecule has 7 heterocycles. The number of benzene rings is 3. The molecule has 4 amide bonds. The minimum absolute atomic E-state index is 0.0215. The molecule has 5 aliphatic rings. The number of nitrogens with zero attached hydrogens (tertiary/aromatic N) is 8. The van der Waals surface area contributed by atoms with Crippen molar-refractivity contribution >= 4 is 63.4 Å². The number of piperidine rings is 1. The van der Waals surface area contributed by atoms with Crippen LogP contribution in [0.1, 0.15) is 109 Å². The Morgan fingerprint density at radius 2 is 1.35 bits per heavy atom. The second kappa shape index (κ2) is 26.3. The summed E-state index contributed by atoms with van der Waals surface area (Å²) in [6.45, 7) is 9.68. The number of aromatic amines is 2. The molecule has 0 bridgehead atoms. The lowest BCUT2D eigenvalue weighted by Crippen LogP contribution is -2.36. The lowest BCUT2D eigenvalue weighted by Gasteiger charge is -2.28. The molecule has 2 N–H and O–H groups in total. The molecule has 0 atom stereocenters. The first-order valence-electron chi connectivity index (χ1n) is 27.4. The summed E-state index contributed by atoms with van der Waals surface area (Å²) in [5.74, 6) is -0.158. The SMILES string of the molecule is CN(C)C.COc1ccccc1-c1cc(C2=CCCN(C(=O)CCn3ccnn3)C2)c(F)c2[nH]c(C(=O)N3CCCCC3)cc12.Cc1c(C=O)[nH]c2c(F)c(C3=CCCN(C(=O)CCC4(C)C=C4)C3)ccc12.O=CN1CCCC1. The van der Waals surface area contributed by atoms with Crippen LogP contribution in [-0.4, -0.2) is 160 Å². The van der Waals surface area contributed by atoms with Gasteiger partial charge in [-0.2, -0.15) is 0 Å². The Balaban J connectivity index is 0.000000184. The van der Waals surface area contributed by atoms with Crippen LogP contribution < -0.4 is 4.74 Å². The largest absolute Gasteiger partial charge is 0.496 e. The van der Waals surface area contributed by atoms with Gasteiger partial charge in [0.05, 0.1) is 36.6 Å². The molecule has 2 saturated heterocycles. The highest BCUT2D eigenvalue weighted by Gasteiger charge is 2.31. The highest BCUT2D eigenvalue weighted by molar-refractivity contribution is 6.05. The minimum atomic E-state index is -0.431. The topological polar surface area (TPSA) is 173 Å². The lowest BCUT2D eigenvalue weighted by atomic mass is 9.93. The zero-order chi connectivity index (χ0) is 56.2. The minimum Gasteiger partial charge on any atom is -0.496 e. The van der Waals surface area contributed by atoms with E-state index in [2.05, 4.69) is 39.4 Å². The second-order valence-electron chi connectivity index (χ2n) is 21.6. The van der Waals surface area contributed by atoms with E-state index in [-0.39, 0.29) is 40.9 Å². The van der Waals surface area contributed by atoms with Gasteiger partial charge in [0.15, 0.2) is 17.9 Å². The second-order valence-corrected chi connectivity index (χ2v) is 21.6. The Morgan fingerprint density at radius 3 is 1.96 bits per heavy atom. The number of para-hydroxylation sites is 1. The van der Waals surface area contributed by atoms with Crippen LogP contribution in [0.4, 0.5) is 8.78 Å². The van der Waals surface area contributed by atoms with E-state index in [1.54, 1.807) is 53.0 Å². The number of fused-ring (bicyclic) bond motifs is 2. The van der Waals surface area contributed by atoms with Crippen LogP contribution in [0.15, 0.2) is 85.2 Å². The number of hydrogen-bond acceptors (Lipinski definition) is 9. The van der Waals surface area contributed by atoms with E-state index in [9.17, 15) is 24.0 Å². The van der Waals surface area contributed by atoms with Gasteiger partial charge < -0.3 is 39.2 Å². The van der Waals surface area contributed by atoms with Crippen LogP contribution in [0.5, 0.6) is 5.75 Å². The molecular formula is C61H74F2N10O6. The van der Waals surface area contributed by atoms with Gasteiger partial charge in [-0.1, -0.05) is 66.8 Å². The predicted molar refractivity (Wildman–Crippen MR) is 304 cm³/mol. The zero-order valence-electron chi connectivity index (χ0n) is 46.5. The van der Waals surface area contributed by atoms with Crippen molar-refractivity contribution in [1.29, 1.82) is 0 Å². The Labute approximate surface area is 461 Å². The third kappa shape index (κ3) is 14.1. The van der Waals surface area contributed by atoms with Gasteiger partial charge >= 0.3 is 0 Å². The fourth-order valence-corrected chi connectivity index (χ4v) is 10.4. The molecule has 18 heteroatoms.